The molecule has 1 atom stereocenters. The van der Waals surface area contributed by atoms with Crippen molar-refractivity contribution in [1.29, 1.82) is 0 Å². The summed E-state index contributed by atoms with van der Waals surface area (Å²) in [6, 6.07) is 6.23. The largest absolute Gasteiger partial charge is 0.543 e. The molecule has 0 radical (unpaired) electrons. The van der Waals surface area contributed by atoms with Gasteiger partial charge in [0.2, 0.25) is 0 Å². The SMILES string of the molecule is CCCOc1ccc(C(=O)OOOC(=O)OC(C)COC)cc1. The van der Waals surface area contributed by atoms with E-state index < -0.39 is 18.2 Å². The van der Waals surface area contributed by atoms with Crippen molar-refractivity contribution in [2.24, 2.45) is 0 Å². The number of hydrogen-bond acceptors (Lipinski definition) is 8. The Labute approximate surface area is 134 Å². The highest BCUT2D eigenvalue weighted by Crippen LogP contribution is 2.13. The summed E-state index contributed by atoms with van der Waals surface area (Å²) in [5, 5.41) is 4.09. The second-order valence-corrected chi connectivity index (χ2v) is 4.53. The van der Waals surface area contributed by atoms with E-state index in [1.165, 1.54) is 19.2 Å². The van der Waals surface area contributed by atoms with Crippen LogP contribution in [0.15, 0.2) is 24.3 Å². The summed E-state index contributed by atoms with van der Waals surface area (Å²) >= 11 is 0. The fraction of sp³-hybridized carbons (Fsp3) is 0.467. The molecule has 1 unspecified atom stereocenters. The monoisotopic (exact) mass is 328 g/mol. The summed E-state index contributed by atoms with van der Waals surface area (Å²) in [7, 11) is 1.46. The van der Waals surface area contributed by atoms with E-state index in [9.17, 15) is 9.59 Å². The highest BCUT2D eigenvalue weighted by atomic mass is 17.5. The Morgan fingerprint density at radius 3 is 2.43 bits per heavy atom. The van der Waals surface area contributed by atoms with E-state index >= 15 is 0 Å². The number of ether oxygens (including phenoxy) is 3. The standard InChI is InChI=1S/C15H20O8/c1-4-9-19-13-7-5-12(6-8-13)14(16)21-23-22-15(17)20-11(2)10-18-3/h5-8,11H,4,9-10H2,1-3H3. The Hall–Kier alpha value is -2.32. The van der Waals surface area contributed by atoms with Crippen LogP contribution in [0.1, 0.15) is 30.6 Å². The molecule has 0 N–H and O–H groups in total. The first-order valence-corrected chi connectivity index (χ1v) is 7.04. The number of carbonyl (C=O) groups excluding carboxylic acids is 2. The smallest absolute Gasteiger partial charge is 0.494 e. The van der Waals surface area contributed by atoms with Gasteiger partial charge in [0.15, 0.2) is 0 Å². The van der Waals surface area contributed by atoms with Gasteiger partial charge in [-0.1, -0.05) is 6.92 Å². The molecule has 0 fully saturated rings. The summed E-state index contributed by atoms with van der Waals surface area (Å²) in [6.45, 7) is 4.37. The number of hydrogen-bond donors (Lipinski definition) is 0. The molecular formula is C15H20O8. The van der Waals surface area contributed by atoms with Gasteiger partial charge in [-0.15, -0.1) is 0 Å². The predicted octanol–water partition coefficient (Wildman–Crippen LogP) is 2.67. The summed E-state index contributed by atoms with van der Waals surface area (Å²) in [6.07, 6.45) is -0.790. The zero-order valence-corrected chi connectivity index (χ0v) is 13.3. The highest BCUT2D eigenvalue weighted by molar-refractivity contribution is 5.89. The number of benzene rings is 1. The summed E-state index contributed by atoms with van der Waals surface area (Å²) in [5.41, 5.74) is 0.207. The highest BCUT2D eigenvalue weighted by Gasteiger charge is 2.14. The molecule has 0 aromatic heterocycles. The summed E-state index contributed by atoms with van der Waals surface area (Å²) in [4.78, 5) is 31.3. The molecule has 0 amide bonds. The minimum atomic E-state index is -1.15. The average molecular weight is 328 g/mol. The van der Waals surface area contributed by atoms with Crippen LogP contribution in [0.4, 0.5) is 4.79 Å². The molecule has 1 rings (SSSR count). The molecule has 0 aliphatic rings. The van der Waals surface area contributed by atoms with Crippen molar-refractivity contribution in [3.05, 3.63) is 29.8 Å². The normalized spacial score (nSPS) is 11.4. The third-order valence-corrected chi connectivity index (χ3v) is 2.47. The van der Waals surface area contributed by atoms with Crippen molar-refractivity contribution in [3.8, 4) is 5.75 Å². The van der Waals surface area contributed by atoms with Gasteiger partial charge in [-0.2, -0.15) is 0 Å². The maximum atomic E-state index is 11.6. The Morgan fingerprint density at radius 2 is 1.83 bits per heavy atom. The number of methoxy groups -OCH3 is 1. The molecule has 0 aliphatic carbocycles. The third kappa shape index (κ3) is 7.48. The maximum Gasteiger partial charge on any atom is 0.543 e. The molecule has 8 nitrogen and oxygen atoms in total. The van der Waals surface area contributed by atoms with E-state index in [2.05, 4.69) is 14.8 Å². The van der Waals surface area contributed by atoms with E-state index in [0.717, 1.165) is 6.42 Å². The zero-order chi connectivity index (χ0) is 17.1. The molecule has 0 spiro atoms. The minimum absolute atomic E-state index is 0.196. The van der Waals surface area contributed by atoms with Crippen molar-refractivity contribution in [3.63, 3.8) is 0 Å². The van der Waals surface area contributed by atoms with Crippen LogP contribution < -0.4 is 4.74 Å². The minimum Gasteiger partial charge on any atom is -0.494 e. The number of carbonyl (C=O) groups is 2. The van der Waals surface area contributed by atoms with E-state index in [1.54, 1.807) is 19.1 Å². The fourth-order valence-electron chi connectivity index (χ4n) is 1.48. The van der Waals surface area contributed by atoms with Gasteiger partial charge in [0.05, 0.1) is 23.8 Å². The van der Waals surface area contributed by atoms with Crippen LogP contribution in [0.3, 0.4) is 0 Å². The van der Waals surface area contributed by atoms with Gasteiger partial charge >= 0.3 is 12.1 Å². The molecule has 128 valence electrons. The van der Waals surface area contributed by atoms with Gasteiger partial charge in [-0.25, -0.2) is 14.5 Å². The lowest BCUT2D eigenvalue weighted by molar-refractivity contribution is -0.453. The lowest BCUT2D eigenvalue weighted by Crippen LogP contribution is -2.21. The van der Waals surface area contributed by atoms with Crippen LogP contribution in [0, 0.1) is 0 Å². The molecule has 0 bridgehead atoms. The maximum absolute atomic E-state index is 11.6. The van der Waals surface area contributed by atoms with Crippen LogP contribution in [0.2, 0.25) is 0 Å². The molecule has 0 saturated carbocycles. The van der Waals surface area contributed by atoms with Crippen LogP contribution in [0.5, 0.6) is 5.75 Å². The van der Waals surface area contributed by atoms with Crippen molar-refractivity contribution in [1.82, 2.24) is 0 Å². The van der Waals surface area contributed by atoms with Crippen molar-refractivity contribution < 1.29 is 38.6 Å². The van der Waals surface area contributed by atoms with Crippen LogP contribution in [0.25, 0.3) is 0 Å². The van der Waals surface area contributed by atoms with Crippen molar-refractivity contribution >= 4 is 12.1 Å². The quantitative estimate of drug-likeness (QED) is 0.388. The molecule has 1 aromatic rings. The van der Waals surface area contributed by atoms with Gasteiger partial charge in [-0.05, 0) is 37.6 Å². The molecule has 8 heteroatoms. The van der Waals surface area contributed by atoms with Crippen molar-refractivity contribution in [2.75, 3.05) is 20.3 Å². The summed E-state index contributed by atoms with van der Waals surface area (Å²) in [5.74, 6) is -0.193. The predicted molar refractivity (Wildman–Crippen MR) is 77.6 cm³/mol. The van der Waals surface area contributed by atoms with E-state index in [-0.39, 0.29) is 12.2 Å². The molecule has 0 heterocycles. The Bertz CT molecular complexity index is 485. The van der Waals surface area contributed by atoms with E-state index in [1.807, 2.05) is 6.92 Å². The first-order chi connectivity index (χ1) is 11.1. The van der Waals surface area contributed by atoms with Crippen LogP contribution in [-0.4, -0.2) is 38.6 Å². The lowest BCUT2D eigenvalue weighted by atomic mass is 10.2. The van der Waals surface area contributed by atoms with Gasteiger partial charge in [0, 0.05) is 7.11 Å². The molecular weight excluding hydrogens is 308 g/mol. The van der Waals surface area contributed by atoms with Gasteiger partial charge in [0.1, 0.15) is 11.9 Å². The fourth-order valence-corrected chi connectivity index (χ4v) is 1.48. The molecule has 1 aromatic carbocycles. The van der Waals surface area contributed by atoms with E-state index in [0.29, 0.717) is 12.4 Å². The van der Waals surface area contributed by atoms with Crippen molar-refractivity contribution in [2.45, 2.75) is 26.4 Å². The molecule has 0 saturated heterocycles. The Morgan fingerprint density at radius 1 is 1.13 bits per heavy atom. The first kappa shape index (κ1) is 18.7. The molecule has 0 aliphatic heterocycles. The zero-order valence-electron chi connectivity index (χ0n) is 13.3. The van der Waals surface area contributed by atoms with Crippen LogP contribution in [-0.2, 0) is 24.3 Å². The third-order valence-electron chi connectivity index (χ3n) is 2.47. The second-order valence-electron chi connectivity index (χ2n) is 4.53. The lowest BCUT2D eigenvalue weighted by Gasteiger charge is -2.10. The number of rotatable bonds is 9. The Kier molecular flexibility index (Phi) is 8.48. The van der Waals surface area contributed by atoms with Crippen LogP contribution >= 0.6 is 0 Å². The first-order valence-electron chi connectivity index (χ1n) is 7.04. The second kappa shape index (κ2) is 10.4. The van der Waals surface area contributed by atoms with E-state index in [4.69, 9.17) is 14.2 Å². The van der Waals surface area contributed by atoms with Gasteiger partial charge in [-0.3, -0.25) is 4.89 Å². The summed E-state index contributed by atoms with van der Waals surface area (Å²) < 4.78 is 14.9. The Balaban J connectivity index is 2.32. The van der Waals surface area contributed by atoms with Gasteiger partial charge < -0.3 is 14.2 Å². The molecule has 23 heavy (non-hydrogen) atoms. The average Bonchev–Trinajstić information content (AvgIpc) is 2.53. The topological polar surface area (TPSA) is 89.5 Å². The van der Waals surface area contributed by atoms with Gasteiger partial charge in [0.25, 0.3) is 0 Å².